The Bertz CT molecular complexity index is 215. The number of allylic oxidation sites excluding steroid dienone is 2. The van der Waals surface area contributed by atoms with Crippen LogP contribution >= 0.6 is 0 Å². The van der Waals surface area contributed by atoms with E-state index in [4.69, 9.17) is 0 Å². The smallest absolute Gasteiger partial charge is 0.136 e. The fraction of sp³-hybridized carbons (Fsp3) is 0.700. The summed E-state index contributed by atoms with van der Waals surface area (Å²) in [6, 6.07) is 0. The van der Waals surface area contributed by atoms with Crippen molar-refractivity contribution in [3.8, 4) is 0 Å². The largest absolute Gasteiger partial charge is 0.299 e. The molecule has 1 saturated carbocycles. The molecular formula is C10H14O. The van der Waals surface area contributed by atoms with Crippen LogP contribution in [0, 0.1) is 11.8 Å². The van der Waals surface area contributed by atoms with Crippen LogP contribution in [0.25, 0.3) is 0 Å². The highest BCUT2D eigenvalue weighted by molar-refractivity contribution is 5.82. The Hall–Kier alpha value is -0.590. The number of hydrogen-bond acceptors (Lipinski definition) is 1. The standard InChI is InChI=1S/C10H14O/c1-7-2-3-9-6-8(7)4-5-10(9)11/h2,8-9H,3-6H2,1H3/t8-,9?/m1/s1. The number of Topliss-reactive ketones (excluding diaryl/α,β-unsaturated/α-hetero) is 1. The second kappa shape index (κ2) is 2.47. The number of rotatable bonds is 0. The molecule has 2 aliphatic carbocycles. The van der Waals surface area contributed by atoms with Crippen molar-refractivity contribution >= 4 is 5.78 Å². The lowest BCUT2D eigenvalue weighted by molar-refractivity contribution is -0.125. The summed E-state index contributed by atoms with van der Waals surface area (Å²) in [5.41, 5.74) is 1.52. The zero-order valence-electron chi connectivity index (χ0n) is 6.97. The lowest BCUT2D eigenvalue weighted by Crippen LogP contribution is -2.28. The molecule has 0 aliphatic heterocycles. The molecule has 11 heavy (non-hydrogen) atoms. The highest BCUT2D eigenvalue weighted by Gasteiger charge is 2.31. The lowest BCUT2D eigenvalue weighted by atomic mass is 9.72. The van der Waals surface area contributed by atoms with Gasteiger partial charge in [-0.15, -0.1) is 0 Å². The van der Waals surface area contributed by atoms with Gasteiger partial charge in [0.2, 0.25) is 0 Å². The molecule has 0 heterocycles. The number of fused-ring (bicyclic) bond motifs is 2. The molecule has 2 atom stereocenters. The molecule has 2 rings (SSSR count). The molecular weight excluding hydrogens is 136 g/mol. The summed E-state index contributed by atoms with van der Waals surface area (Å²) in [7, 11) is 0. The van der Waals surface area contributed by atoms with Gasteiger partial charge in [0, 0.05) is 12.3 Å². The maximum Gasteiger partial charge on any atom is 0.136 e. The molecule has 0 radical (unpaired) electrons. The molecule has 1 fully saturated rings. The molecule has 0 amide bonds. The molecule has 0 N–H and O–H groups in total. The van der Waals surface area contributed by atoms with E-state index in [-0.39, 0.29) is 0 Å². The van der Waals surface area contributed by atoms with Gasteiger partial charge in [-0.2, -0.15) is 0 Å². The summed E-state index contributed by atoms with van der Waals surface area (Å²) in [6.45, 7) is 2.21. The summed E-state index contributed by atoms with van der Waals surface area (Å²) in [5.74, 6) is 1.63. The molecule has 60 valence electrons. The molecule has 0 aromatic heterocycles. The van der Waals surface area contributed by atoms with Crippen molar-refractivity contribution in [2.24, 2.45) is 11.8 Å². The van der Waals surface area contributed by atoms with Gasteiger partial charge >= 0.3 is 0 Å². The van der Waals surface area contributed by atoms with Gasteiger partial charge in [-0.3, -0.25) is 4.79 Å². The molecule has 1 nitrogen and oxygen atoms in total. The summed E-state index contributed by atoms with van der Waals surface area (Å²) >= 11 is 0. The first-order chi connectivity index (χ1) is 5.27. The van der Waals surface area contributed by atoms with E-state index in [1.807, 2.05) is 0 Å². The van der Waals surface area contributed by atoms with Crippen molar-refractivity contribution in [3.05, 3.63) is 11.6 Å². The van der Waals surface area contributed by atoms with Crippen LogP contribution in [-0.2, 0) is 4.79 Å². The first-order valence-electron chi connectivity index (χ1n) is 4.46. The maximum atomic E-state index is 11.3. The van der Waals surface area contributed by atoms with Crippen molar-refractivity contribution in [1.82, 2.24) is 0 Å². The Kier molecular flexibility index (Phi) is 1.59. The van der Waals surface area contributed by atoms with Crippen LogP contribution in [0.5, 0.6) is 0 Å². The molecule has 0 aromatic rings. The minimum Gasteiger partial charge on any atom is -0.299 e. The predicted octanol–water partition coefficient (Wildman–Crippen LogP) is 2.32. The van der Waals surface area contributed by atoms with Crippen molar-refractivity contribution in [2.45, 2.75) is 32.6 Å². The molecule has 2 bridgehead atoms. The van der Waals surface area contributed by atoms with E-state index in [1.165, 1.54) is 5.57 Å². The molecule has 1 unspecified atom stereocenters. The topological polar surface area (TPSA) is 17.1 Å². The van der Waals surface area contributed by atoms with Crippen LogP contribution in [0.1, 0.15) is 32.6 Å². The third kappa shape index (κ3) is 1.13. The van der Waals surface area contributed by atoms with Gasteiger partial charge in [0.1, 0.15) is 5.78 Å². The Morgan fingerprint density at radius 3 is 3.09 bits per heavy atom. The molecule has 0 aromatic carbocycles. The van der Waals surface area contributed by atoms with Gasteiger partial charge < -0.3 is 0 Å². The van der Waals surface area contributed by atoms with Crippen LogP contribution in [0.15, 0.2) is 11.6 Å². The van der Waals surface area contributed by atoms with Gasteiger partial charge in [0.25, 0.3) is 0 Å². The first-order valence-corrected chi connectivity index (χ1v) is 4.46. The second-order valence-electron chi connectivity index (χ2n) is 3.82. The fourth-order valence-corrected chi connectivity index (χ4v) is 2.25. The highest BCUT2D eigenvalue weighted by Crippen LogP contribution is 2.37. The zero-order chi connectivity index (χ0) is 7.84. The van der Waals surface area contributed by atoms with Gasteiger partial charge in [-0.1, -0.05) is 11.6 Å². The van der Waals surface area contributed by atoms with Gasteiger partial charge in [-0.05, 0) is 32.1 Å². The van der Waals surface area contributed by atoms with E-state index in [1.54, 1.807) is 0 Å². The van der Waals surface area contributed by atoms with E-state index in [9.17, 15) is 4.79 Å². The van der Waals surface area contributed by atoms with Crippen LogP contribution in [0.3, 0.4) is 0 Å². The Balaban J connectivity index is 2.21. The van der Waals surface area contributed by atoms with Gasteiger partial charge in [0.15, 0.2) is 0 Å². The van der Waals surface area contributed by atoms with E-state index in [0.29, 0.717) is 11.7 Å². The van der Waals surface area contributed by atoms with Crippen molar-refractivity contribution in [1.29, 1.82) is 0 Å². The summed E-state index contributed by atoms with van der Waals surface area (Å²) in [5, 5.41) is 0. The predicted molar refractivity (Wildman–Crippen MR) is 44.2 cm³/mol. The van der Waals surface area contributed by atoms with Crippen molar-refractivity contribution in [3.63, 3.8) is 0 Å². The third-order valence-corrected chi connectivity index (χ3v) is 3.13. The Labute approximate surface area is 67.5 Å². The number of carbonyl (C=O) groups excluding carboxylic acids is 1. The minimum atomic E-state index is 0.387. The van der Waals surface area contributed by atoms with Crippen LogP contribution in [0.4, 0.5) is 0 Å². The zero-order valence-corrected chi connectivity index (χ0v) is 6.97. The number of carbonyl (C=O) groups is 1. The van der Waals surface area contributed by atoms with Crippen molar-refractivity contribution < 1.29 is 4.79 Å². The average Bonchev–Trinajstić information content (AvgIpc) is 2.02. The first kappa shape index (κ1) is 7.08. The quantitative estimate of drug-likeness (QED) is 0.484. The summed E-state index contributed by atoms with van der Waals surface area (Å²) < 4.78 is 0. The van der Waals surface area contributed by atoms with Gasteiger partial charge in [0.05, 0.1) is 0 Å². The van der Waals surface area contributed by atoms with E-state index >= 15 is 0 Å². The van der Waals surface area contributed by atoms with E-state index in [2.05, 4.69) is 13.0 Å². The average molecular weight is 150 g/mol. The van der Waals surface area contributed by atoms with Crippen LogP contribution in [-0.4, -0.2) is 5.78 Å². The fourth-order valence-electron chi connectivity index (χ4n) is 2.25. The number of ketones is 1. The maximum absolute atomic E-state index is 11.3. The van der Waals surface area contributed by atoms with Gasteiger partial charge in [-0.25, -0.2) is 0 Å². The SMILES string of the molecule is CC1=CCC2C[C@H]1CCC2=O. The highest BCUT2D eigenvalue weighted by atomic mass is 16.1. The molecule has 2 aliphatic rings. The normalized spacial score (nSPS) is 36.8. The molecule has 1 heteroatoms. The molecule has 0 spiro atoms. The van der Waals surface area contributed by atoms with E-state index in [0.717, 1.165) is 31.6 Å². The van der Waals surface area contributed by atoms with Crippen molar-refractivity contribution in [2.75, 3.05) is 0 Å². The van der Waals surface area contributed by atoms with Crippen LogP contribution < -0.4 is 0 Å². The minimum absolute atomic E-state index is 0.387. The Morgan fingerprint density at radius 2 is 2.27 bits per heavy atom. The monoisotopic (exact) mass is 150 g/mol. The third-order valence-electron chi connectivity index (χ3n) is 3.13. The van der Waals surface area contributed by atoms with Crippen LogP contribution in [0.2, 0.25) is 0 Å². The second-order valence-corrected chi connectivity index (χ2v) is 3.82. The number of hydrogen-bond donors (Lipinski definition) is 0. The van der Waals surface area contributed by atoms with E-state index < -0.39 is 0 Å². The summed E-state index contributed by atoms with van der Waals surface area (Å²) in [4.78, 5) is 11.3. The lowest BCUT2D eigenvalue weighted by Gasteiger charge is -2.32. The Morgan fingerprint density at radius 1 is 1.45 bits per heavy atom. The summed E-state index contributed by atoms with van der Waals surface area (Å²) in [6.07, 6.45) is 6.36. The molecule has 0 saturated heterocycles.